The van der Waals surface area contributed by atoms with Gasteiger partial charge in [0.05, 0.1) is 11.6 Å². The Morgan fingerprint density at radius 1 is 1.42 bits per heavy atom. The number of rotatable bonds is 1. The van der Waals surface area contributed by atoms with E-state index in [1.54, 1.807) is 6.20 Å². The molecule has 1 saturated heterocycles. The fourth-order valence-electron chi connectivity index (χ4n) is 2.01. The van der Waals surface area contributed by atoms with Gasteiger partial charge >= 0.3 is 0 Å². The van der Waals surface area contributed by atoms with Crippen LogP contribution in [0.4, 0.5) is 11.8 Å². The lowest BCUT2D eigenvalue weighted by atomic mass is 10.3. The molecule has 3 heterocycles. The second-order valence-corrected chi connectivity index (χ2v) is 4.94. The van der Waals surface area contributed by atoms with Gasteiger partial charge in [0.25, 0.3) is 0 Å². The molecule has 0 aliphatic carbocycles. The summed E-state index contributed by atoms with van der Waals surface area (Å²) in [6.45, 7) is 2.08. The van der Waals surface area contributed by atoms with Gasteiger partial charge < -0.3 is 15.2 Å². The quantitative estimate of drug-likeness (QED) is 0.707. The molecular weight excluding hydrogens is 268 g/mol. The maximum atomic E-state index is 9.00. The second-order valence-electron chi connectivity index (χ2n) is 4.13. The van der Waals surface area contributed by atoms with E-state index >= 15 is 0 Å². The molecule has 0 bridgehead atoms. The predicted molar refractivity (Wildman–Crippen MR) is 72.4 cm³/mol. The van der Waals surface area contributed by atoms with Crippen molar-refractivity contribution in [3.63, 3.8) is 0 Å². The number of aromatic nitrogens is 4. The molecule has 0 radical (unpaired) electrons. The zero-order chi connectivity index (χ0) is 13.8. The highest BCUT2D eigenvalue weighted by molar-refractivity contribution is 7.78. The molecule has 19 heavy (non-hydrogen) atoms. The summed E-state index contributed by atoms with van der Waals surface area (Å²) in [6.07, 6.45) is 5.26. The van der Waals surface area contributed by atoms with Crippen LogP contribution in [0.3, 0.4) is 0 Å². The lowest BCUT2D eigenvalue weighted by Gasteiger charge is -2.16. The smallest absolute Gasteiger partial charge is 0.224 e. The van der Waals surface area contributed by atoms with Crippen LogP contribution >= 0.6 is 0 Å². The van der Waals surface area contributed by atoms with E-state index in [1.165, 1.54) is 12.8 Å². The Morgan fingerprint density at radius 3 is 2.68 bits per heavy atom. The molecule has 1 fully saturated rings. The molecule has 1 atom stereocenters. The van der Waals surface area contributed by atoms with Crippen LogP contribution in [0.5, 0.6) is 0 Å². The van der Waals surface area contributed by atoms with Crippen molar-refractivity contribution in [1.82, 2.24) is 20.2 Å². The van der Waals surface area contributed by atoms with Crippen molar-refractivity contribution in [1.29, 1.82) is 0 Å². The average Bonchev–Trinajstić information content (AvgIpc) is 2.97. The summed E-state index contributed by atoms with van der Waals surface area (Å²) < 4.78 is 18.0. The van der Waals surface area contributed by atoms with E-state index in [-0.39, 0.29) is 0 Å². The van der Waals surface area contributed by atoms with E-state index < -0.39 is 11.1 Å². The third-order valence-corrected chi connectivity index (χ3v) is 2.71. The normalized spacial score (nSPS) is 16.2. The van der Waals surface area contributed by atoms with Gasteiger partial charge in [0, 0.05) is 13.1 Å². The Hall–Kier alpha value is -1.74. The van der Waals surface area contributed by atoms with E-state index in [1.807, 2.05) is 0 Å². The van der Waals surface area contributed by atoms with Gasteiger partial charge in [0.2, 0.25) is 5.95 Å². The lowest BCUT2D eigenvalue weighted by molar-refractivity contribution is 0.543. The first kappa shape index (κ1) is 13.7. The minimum atomic E-state index is -1.86. The van der Waals surface area contributed by atoms with Crippen LogP contribution in [0, 0.1) is 0 Å². The first-order valence-corrected chi connectivity index (χ1v) is 7.28. The first-order chi connectivity index (χ1) is 9.08. The molecule has 8 nitrogen and oxygen atoms in total. The number of nitrogens with one attached hydrogen (secondary N) is 1. The van der Waals surface area contributed by atoms with Crippen molar-refractivity contribution in [3.05, 3.63) is 6.20 Å². The van der Waals surface area contributed by atoms with Gasteiger partial charge in [-0.05, 0) is 19.1 Å². The number of fused-ring (bicyclic) bond motifs is 1. The van der Waals surface area contributed by atoms with Crippen LogP contribution in [0.25, 0.3) is 11.0 Å². The van der Waals surface area contributed by atoms with Gasteiger partial charge in [0.15, 0.2) is 5.65 Å². The molecule has 1 unspecified atom stereocenters. The molecule has 0 saturated carbocycles. The third-order valence-electron chi connectivity index (χ3n) is 2.71. The van der Waals surface area contributed by atoms with Crippen LogP contribution in [-0.4, -0.2) is 48.3 Å². The molecule has 9 heteroatoms. The zero-order valence-electron chi connectivity index (χ0n) is 10.5. The molecule has 0 aromatic carbocycles. The largest absolute Gasteiger partial charge is 0.773 e. The van der Waals surface area contributed by atoms with Crippen molar-refractivity contribution in [2.75, 3.05) is 30.0 Å². The fraction of sp³-hybridized carbons (Fsp3) is 0.500. The topological polar surface area (TPSA) is 124 Å². The molecule has 1 aliphatic rings. The van der Waals surface area contributed by atoms with Crippen LogP contribution in [0.2, 0.25) is 0 Å². The van der Waals surface area contributed by atoms with Crippen LogP contribution in [-0.2, 0) is 11.1 Å². The van der Waals surface area contributed by atoms with E-state index in [9.17, 15) is 0 Å². The molecule has 3 rings (SSSR count). The minimum absolute atomic E-state index is 0.300. The van der Waals surface area contributed by atoms with Crippen molar-refractivity contribution < 1.29 is 8.76 Å². The number of anilines is 2. The zero-order valence-corrected chi connectivity index (χ0v) is 11.3. The van der Waals surface area contributed by atoms with Gasteiger partial charge in [-0.3, -0.25) is 9.31 Å². The summed E-state index contributed by atoms with van der Waals surface area (Å²) in [5.74, 6) is 1.21. The SMILES string of the molecule is CS(=O)[O-].Nc1nc(N2CCCC2)c2cn[nH]c2n1. The number of nitrogen functional groups attached to an aromatic ring is 1. The summed E-state index contributed by atoms with van der Waals surface area (Å²) in [5, 5.41) is 7.73. The van der Waals surface area contributed by atoms with Crippen molar-refractivity contribution in [3.8, 4) is 0 Å². The first-order valence-electron chi connectivity index (χ1n) is 5.80. The second kappa shape index (κ2) is 5.93. The Balaban J connectivity index is 0.000000297. The number of nitrogens with zero attached hydrogens (tertiary/aromatic N) is 4. The summed E-state index contributed by atoms with van der Waals surface area (Å²) in [5.41, 5.74) is 6.37. The summed E-state index contributed by atoms with van der Waals surface area (Å²) in [7, 11) is 0. The molecule has 1 aliphatic heterocycles. The summed E-state index contributed by atoms with van der Waals surface area (Å²) in [6, 6.07) is 0. The third kappa shape index (κ3) is 3.38. The van der Waals surface area contributed by atoms with E-state index in [0.29, 0.717) is 11.6 Å². The van der Waals surface area contributed by atoms with Crippen molar-refractivity contribution in [2.24, 2.45) is 0 Å². The molecule has 2 aromatic rings. The maximum absolute atomic E-state index is 9.00. The van der Waals surface area contributed by atoms with Gasteiger partial charge in [-0.1, -0.05) is 11.1 Å². The van der Waals surface area contributed by atoms with Crippen molar-refractivity contribution >= 4 is 33.9 Å². The van der Waals surface area contributed by atoms with E-state index in [4.69, 9.17) is 14.5 Å². The molecule has 0 spiro atoms. The average molecular weight is 283 g/mol. The fourth-order valence-corrected chi connectivity index (χ4v) is 2.01. The highest BCUT2D eigenvalue weighted by Gasteiger charge is 2.18. The summed E-state index contributed by atoms with van der Waals surface area (Å²) >= 11 is -1.86. The molecule has 0 amide bonds. The molecule has 3 N–H and O–H groups in total. The summed E-state index contributed by atoms with van der Waals surface area (Å²) in [4.78, 5) is 10.6. The van der Waals surface area contributed by atoms with Gasteiger partial charge in [-0.15, -0.1) is 0 Å². The maximum Gasteiger partial charge on any atom is 0.224 e. The van der Waals surface area contributed by atoms with Crippen molar-refractivity contribution in [2.45, 2.75) is 12.8 Å². The molecule has 2 aromatic heterocycles. The predicted octanol–water partition coefficient (Wildman–Crippen LogP) is 0.0306. The van der Waals surface area contributed by atoms with Crippen LogP contribution < -0.4 is 10.6 Å². The van der Waals surface area contributed by atoms with Gasteiger partial charge in [-0.25, -0.2) is 0 Å². The van der Waals surface area contributed by atoms with Gasteiger partial charge in [-0.2, -0.15) is 15.1 Å². The molecule has 104 valence electrons. The highest BCUT2D eigenvalue weighted by Crippen LogP contribution is 2.25. The highest BCUT2D eigenvalue weighted by atomic mass is 32.2. The number of aromatic amines is 1. The lowest BCUT2D eigenvalue weighted by Crippen LogP contribution is -2.20. The number of hydrogen-bond donors (Lipinski definition) is 2. The van der Waals surface area contributed by atoms with E-state index in [2.05, 4.69) is 25.1 Å². The Labute approximate surface area is 112 Å². The Kier molecular flexibility index (Phi) is 4.27. The number of nitrogens with two attached hydrogens (primary N) is 1. The van der Waals surface area contributed by atoms with Crippen LogP contribution in [0.1, 0.15) is 12.8 Å². The molecular formula is C10H15N6O2S-. The minimum Gasteiger partial charge on any atom is -0.773 e. The number of H-pyrrole nitrogens is 1. The Morgan fingerprint density at radius 2 is 2.05 bits per heavy atom. The van der Waals surface area contributed by atoms with E-state index in [0.717, 1.165) is 30.5 Å². The monoisotopic (exact) mass is 283 g/mol. The van der Waals surface area contributed by atoms with Gasteiger partial charge in [0.1, 0.15) is 5.82 Å². The van der Waals surface area contributed by atoms with Crippen LogP contribution in [0.15, 0.2) is 6.20 Å². The Bertz CT molecular complexity index is 576. The standard InChI is InChI=1S/C9H12N6.CH4O2S/c10-9-12-7-6(5-11-14-7)8(13-9)15-3-1-2-4-15;1-4(2)3/h5H,1-4H2,(H3,10,11,12,13,14);1H3,(H,2,3)/p-1. The number of hydrogen-bond acceptors (Lipinski definition) is 7.